The van der Waals surface area contributed by atoms with Gasteiger partial charge in [0, 0.05) is 72.1 Å². The highest BCUT2D eigenvalue weighted by molar-refractivity contribution is 6.94. The Morgan fingerprint density at radius 1 is 0.507 bits per heavy atom. The van der Waals surface area contributed by atoms with E-state index in [2.05, 4.69) is 216 Å². The fourth-order valence-electron chi connectivity index (χ4n) is 12.3. The van der Waals surface area contributed by atoms with Gasteiger partial charge in [0.25, 0.3) is 0 Å². The van der Waals surface area contributed by atoms with Crippen LogP contribution in [0, 0.1) is 0 Å². The second-order valence-corrected chi connectivity index (χ2v) is 21.9. The highest BCUT2D eigenvalue weighted by Crippen LogP contribution is 2.53. The van der Waals surface area contributed by atoms with E-state index in [1.807, 2.05) is 0 Å². The first-order valence-corrected chi connectivity index (χ1v) is 24.1. The van der Waals surface area contributed by atoms with Crippen LogP contribution in [0.5, 0.6) is 0 Å². The van der Waals surface area contributed by atoms with Crippen molar-refractivity contribution >= 4 is 83.7 Å². The number of hydrogen-bond acceptors (Lipinski definition) is 3. The molecule has 67 heavy (non-hydrogen) atoms. The van der Waals surface area contributed by atoms with Crippen molar-refractivity contribution in [1.82, 2.24) is 4.57 Å². The molecule has 1 aliphatic carbocycles. The molecule has 0 spiro atoms. The molecule has 8 aromatic carbocycles. The number of fused-ring (bicyclic) bond motifs is 13. The van der Waals surface area contributed by atoms with Crippen LogP contribution >= 0.6 is 0 Å². The highest BCUT2D eigenvalue weighted by atomic mass is 16.3. The molecule has 5 heteroatoms. The van der Waals surface area contributed by atoms with E-state index in [4.69, 9.17) is 8.83 Å². The fourth-order valence-corrected chi connectivity index (χ4v) is 12.3. The molecule has 11 aromatic rings. The maximum Gasteiger partial charge on any atom is 0.333 e. The molecule has 0 bridgehead atoms. The van der Waals surface area contributed by atoms with E-state index in [0.29, 0.717) is 0 Å². The molecule has 2 aliphatic heterocycles. The number of aromatic nitrogens is 1. The van der Waals surface area contributed by atoms with Gasteiger partial charge >= 0.3 is 6.85 Å². The van der Waals surface area contributed by atoms with Crippen molar-refractivity contribution < 1.29 is 8.83 Å². The lowest BCUT2D eigenvalue weighted by molar-refractivity contribution is 0.332. The van der Waals surface area contributed by atoms with Gasteiger partial charge in [-0.2, -0.15) is 0 Å². The molecule has 3 aliphatic rings. The van der Waals surface area contributed by atoms with Gasteiger partial charge in [-0.1, -0.05) is 158 Å². The van der Waals surface area contributed by atoms with E-state index in [1.165, 1.54) is 66.4 Å². The number of nitrogens with zero attached hydrogens (tertiary/aromatic N) is 2. The molecular formula is C62H51BN2O2. The Labute approximate surface area is 391 Å². The lowest BCUT2D eigenvalue weighted by atomic mass is 9.43. The molecule has 0 saturated carbocycles. The Morgan fingerprint density at radius 3 is 1.84 bits per heavy atom. The summed E-state index contributed by atoms with van der Waals surface area (Å²) >= 11 is 0. The van der Waals surface area contributed by atoms with Crippen molar-refractivity contribution in [3.63, 3.8) is 0 Å². The van der Waals surface area contributed by atoms with Crippen LogP contribution in [0.15, 0.2) is 167 Å². The Kier molecular flexibility index (Phi) is 7.69. The topological polar surface area (TPSA) is 34.5 Å². The number of hydrogen-bond donors (Lipinski definition) is 0. The largest absolute Gasteiger partial charge is 0.456 e. The van der Waals surface area contributed by atoms with Crippen LogP contribution in [0.1, 0.15) is 78.0 Å². The quantitative estimate of drug-likeness (QED) is 0.166. The predicted octanol–water partition coefficient (Wildman–Crippen LogP) is 15.6. The van der Waals surface area contributed by atoms with Gasteiger partial charge in [-0.25, -0.2) is 0 Å². The van der Waals surface area contributed by atoms with Crippen LogP contribution < -0.4 is 15.7 Å². The number of furan rings is 2. The summed E-state index contributed by atoms with van der Waals surface area (Å²) in [6.07, 6.45) is 2.31. The second-order valence-electron chi connectivity index (χ2n) is 21.9. The maximum absolute atomic E-state index is 7.15. The summed E-state index contributed by atoms with van der Waals surface area (Å²) in [6.45, 7) is 16.6. The van der Waals surface area contributed by atoms with E-state index < -0.39 is 0 Å². The Bertz CT molecular complexity index is 3900. The summed E-state index contributed by atoms with van der Waals surface area (Å²) in [5.41, 5.74) is 19.5. The van der Waals surface area contributed by atoms with Gasteiger partial charge < -0.3 is 18.2 Å². The number of benzene rings is 8. The fraction of sp³-hybridized carbons (Fsp3) is 0.194. The summed E-state index contributed by atoms with van der Waals surface area (Å²) < 4.78 is 16.4. The molecule has 4 nitrogen and oxygen atoms in total. The van der Waals surface area contributed by atoms with Gasteiger partial charge in [-0.05, 0) is 105 Å². The molecule has 324 valence electrons. The van der Waals surface area contributed by atoms with Crippen LogP contribution in [-0.4, -0.2) is 11.4 Å². The minimum atomic E-state index is -0.150. The zero-order valence-corrected chi connectivity index (χ0v) is 39.2. The monoisotopic (exact) mass is 866 g/mol. The molecule has 0 amide bonds. The average Bonchev–Trinajstić information content (AvgIpc) is 4.00. The van der Waals surface area contributed by atoms with Crippen molar-refractivity contribution in [1.29, 1.82) is 0 Å². The summed E-state index contributed by atoms with van der Waals surface area (Å²) in [4.78, 5) is 2.70. The van der Waals surface area contributed by atoms with Gasteiger partial charge in [0.1, 0.15) is 22.7 Å². The molecule has 0 N–H and O–H groups in total. The molecule has 0 saturated heterocycles. The van der Waals surface area contributed by atoms with Gasteiger partial charge in [0.05, 0.1) is 11.0 Å². The molecule has 3 aromatic heterocycles. The Morgan fingerprint density at radius 2 is 1.15 bits per heavy atom. The predicted molar refractivity (Wildman–Crippen MR) is 282 cm³/mol. The Balaban J connectivity index is 1.17. The second kappa shape index (κ2) is 13.2. The van der Waals surface area contributed by atoms with Crippen molar-refractivity contribution in [2.45, 2.75) is 77.6 Å². The van der Waals surface area contributed by atoms with Crippen molar-refractivity contribution in [2.24, 2.45) is 0 Å². The van der Waals surface area contributed by atoms with Crippen molar-refractivity contribution in [3.8, 4) is 39.5 Å². The molecule has 0 radical (unpaired) electrons. The lowest BCUT2D eigenvalue weighted by Crippen LogP contribution is -2.60. The summed E-state index contributed by atoms with van der Waals surface area (Å²) in [5, 5.41) is 6.97. The van der Waals surface area contributed by atoms with Crippen LogP contribution in [0.3, 0.4) is 0 Å². The van der Waals surface area contributed by atoms with Gasteiger partial charge in [-0.3, -0.25) is 0 Å². The maximum atomic E-state index is 7.15. The van der Waals surface area contributed by atoms with E-state index in [9.17, 15) is 0 Å². The third-order valence-electron chi connectivity index (χ3n) is 16.0. The summed E-state index contributed by atoms with van der Waals surface area (Å²) in [5.74, 6) is 1.77. The lowest BCUT2D eigenvalue weighted by Gasteiger charge is -2.46. The number of anilines is 2. The van der Waals surface area contributed by atoms with Crippen LogP contribution in [0.4, 0.5) is 11.4 Å². The van der Waals surface area contributed by atoms with Gasteiger partial charge in [-0.15, -0.1) is 0 Å². The smallest absolute Gasteiger partial charge is 0.333 e. The van der Waals surface area contributed by atoms with E-state index in [1.54, 1.807) is 0 Å². The zero-order valence-electron chi connectivity index (χ0n) is 39.2. The molecule has 0 atom stereocenters. The van der Waals surface area contributed by atoms with Crippen molar-refractivity contribution in [2.75, 3.05) is 4.81 Å². The molecular weight excluding hydrogens is 816 g/mol. The van der Waals surface area contributed by atoms with Crippen molar-refractivity contribution in [3.05, 3.63) is 174 Å². The molecule has 0 unspecified atom stereocenters. The minimum absolute atomic E-state index is 0.0197. The molecule has 14 rings (SSSR count). The summed E-state index contributed by atoms with van der Waals surface area (Å²) in [6, 6.07) is 58.8. The van der Waals surface area contributed by atoms with Gasteiger partial charge in [0.2, 0.25) is 0 Å². The molecule has 0 fully saturated rings. The van der Waals surface area contributed by atoms with Crippen LogP contribution in [-0.2, 0) is 16.2 Å². The first-order valence-electron chi connectivity index (χ1n) is 24.1. The SMILES string of the molecule is CC(C)(C)c1ccc(N2B3c4cc5c(-c6ccccc6)oc(-c6ccccc6)c5cc4-n4c5cc6oc7ccccc7c6cc5c5ccc(c3c54)-c3cc4c(cc32)C(C)(C)CCC4(C)C)cc1. The summed E-state index contributed by atoms with van der Waals surface area (Å²) in [7, 11) is 0. The van der Waals surface area contributed by atoms with Gasteiger partial charge in [0.15, 0.2) is 0 Å². The first-order chi connectivity index (χ1) is 32.3. The molecule has 5 heterocycles. The minimum Gasteiger partial charge on any atom is -0.456 e. The van der Waals surface area contributed by atoms with E-state index in [-0.39, 0.29) is 23.1 Å². The van der Waals surface area contributed by atoms with E-state index in [0.717, 1.165) is 79.4 Å². The number of para-hydroxylation sites is 1. The first kappa shape index (κ1) is 39.0. The zero-order chi connectivity index (χ0) is 45.3. The normalized spacial score (nSPS) is 15.7. The standard InChI is InChI=1S/C62H51BN2O2/c1-60(2,3)38-22-24-39(25-23-38)65-52-34-49-48(61(4,5)28-29-62(49,6)7)31-44(52)41-26-27-42-43-30-45-40-20-14-15-21-54(40)66-55(45)35-51(43)64-53-33-47-46(32-50(53)63(65)56(41)57(42)64)58(36-16-10-8-11-17-36)67-59(47)37-18-12-9-13-19-37/h8-27,30-35H,28-29H2,1-7H3. The number of rotatable bonds is 3. The van der Waals surface area contributed by atoms with Crippen LogP contribution in [0.2, 0.25) is 0 Å². The third kappa shape index (κ3) is 5.37. The Hall–Kier alpha value is -7.24. The third-order valence-corrected chi connectivity index (χ3v) is 16.0. The average molecular weight is 867 g/mol. The highest BCUT2D eigenvalue weighted by Gasteiger charge is 2.47. The van der Waals surface area contributed by atoms with E-state index >= 15 is 0 Å². The van der Waals surface area contributed by atoms with Crippen LogP contribution in [0.25, 0.3) is 94.0 Å².